The van der Waals surface area contributed by atoms with Gasteiger partial charge in [0, 0.05) is 18.6 Å². The minimum Gasteiger partial charge on any atom is -0.313 e. The van der Waals surface area contributed by atoms with E-state index in [2.05, 4.69) is 55.3 Å². The molecule has 1 fully saturated rings. The van der Waals surface area contributed by atoms with Crippen LogP contribution in [0, 0.1) is 0 Å². The molecule has 0 amide bonds. The topological polar surface area (TPSA) is 15.3 Å². The van der Waals surface area contributed by atoms with Gasteiger partial charge in [0.2, 0.25) is 0 Å². The molecule has 1 saturated heterocycles. The van der Waals surface area contributed by atoms with E-state index < -0.39 is 0 Å². The highest BCUT2D eigenvalue weighted by Crippen LogP contribution is 2.22. The van der Waals surface area contributed by atoms with Gasteiger partial charge in [-0.05, 0) is 50.4 Å². The number of nitrogens with one attached hydrogen (secondary N) is 1. The van der Waals surface area contributed by atoms with Gasteiger partial charge in [0.05, 0.1) is 0 Å². The molecule has 1 aromatic carbocycles. The summed E-state index contributed by atoms with van der Waals surface area (Å²) in [6.07, 6.45) is 5.09. The van der Waals surface area contributed by atoms with Crippen molar-refractivity contribution >= 4 is 0 Å². The fourth-order valence-corrected chi connectivity index (χ4v) is 3.22. The van der Waals surface area contributed by atoms with E-state index in [9.17, 15) is 0 Å². The Morgan fingerprint density at radius 2 is 2.00 bits per heavy atom. The van der Waals surface area contributed by atoms with E-state index in [-0.39, 0.29) is 0 Å². The van der Waals surface area contributed by atoms with E-state index in [1.165, 1.54) is 49.9 Å². The minimum atomic E-state index is 0.512. The number of rotatable bonds is 7. The maximum atomic E-state index is 3.61. The van der Waals surface area contributed by atoms with Crippen LogP contribution in [0.4, 0.5) is 0 Å². The van der Waals surface area contributed by atoms with Gasteiger partial charge >= 0.3 is 0 Å². The Bertz CT molecular complexity index is 379. The van der Waals surface area contributed by atoms with Crippen LogP contribution in [0.25, 0.3) is 0 Å². The Balaban J connectivity index is 1.97. The van der Waals surface area contributed by atoms with E-state index in [1.54, 1.807) is 0 Å². The van der Waals surface area contributed by atoms with Crippen LogP contribution in [0.5, 0.6) is 0 Å². The van der Waals surface area contributed by atoms with Crippen LogP contribution in [-0.4, -0.2) is 30.6 Å². The van der Waals surface area contributed by atoms with Gasteiger partial charge in [-0.15, -0.1) is 0 Å². The monoisotopic (exact) mass is 274 g/mol. The van der Waals surface area contributed by atoms with Gasteiger partial charge < -0.3 is 5.32 Å². The summed E-state index contributed by atoms with van der Waals surface area (Å²) in [6.45, 7) is 10.3. The molecule has 2 unspecified atom stereocenters. The van der Waals surface area contributed by atoms with E-state index in [1.807, 2.05) is 0 Å². The largest absolute Gasteiger partial charge is 0.313 e. The Morgan fingerprint density at radius 1 is 1.25 bits per heavy atom. The van der Waals surface area contributed by atoms with Crippen molar-refractivity contribution in [3.05, 3.63) is 35.4 Å². The molecule has 1 aliphatic rings. The number of aryl methyl sites for hydroxylation is 1. The van der Waals surface area contributed by atoms with Crippen LogP contribution in [-0.2, 0) is 6.42 Å². The second kappa shape index (κ2) is 7.80. The molecule has 1 aliphatic heterocycles. The van der Waals surface area contributed by atoms with Crippen molar-refractivity contribution in [3.63, 3.8) is 0 Å². The Hall–Kier alpha value is -0.860. The number of nitrogens with zero attached hydrogens (tertiary/aromatic N) is 1. The van der Waals surface area contributed by atoms with Crippen molar-refractivity contribution in [2.24, 2.45) is 0 Å². The first-order valence-electron chi connectivity index (χ1n) is 8.30. The lowest BCUT2D eigenvalue weighted by atomic mass is 10.0. The van der Waals surface area contributed by atoms with E-state index in [0.29, 0.717) is 12.1 Å². The van der Waals surface area contributed by atoms with Crippen LogP contribution in [0.1, 0.15) is 57.2 Å². The molecule has 2 atom stereocenters. The third-order valence-corrected chi connectivity index (χ3v) is 4.57. The van der Waals surface area contributed by atoms with Gasteiger partial charge in [-0.1, -0.05) is 44.5 Å². The van der Waals surface area contributed by atoms with Crippen molar-refractivity contribution in [2.45, 2.75) is 58.5 Å². The first-order chi connectivity index (χ1) is 9.74. The van der Waals surface area contributed by atoms with Crippen molar-refractivity contribution in [1.82, 2.24) is 10.2 Å². The standard InChI is InChI=1S/C18H30N2/c1-4-7-16-9-11-17(12-10-16)15(3)20(5-2)14-18-8-6-13-19-18/h9-12,15,18-19H,4-8,13-14H2,1-3H3. The number of benzene rings is 1. The Kier molecular flexibility index (Phi) is 6.06. The zero-order valence-electron chi connectivity index (χ0n) is 13.4. The van der Waals surface area contributed by atoms with Crippen molar-refractivity contribution in [1.29, 1.82) is 0 Å². The molecule has 0 aliphatic carbocycles. The minimum absolute atomic E-state index is 0.512. The zero-order chi connectivity index (χ0) is 14.4. The highest BCUT2D eigenvalue weighted by molar-refractivity contribution is 5.25. The number of likely N-dealkylation sites (N-methyl/N-ethyl adjacent to an activating group) is 1. The second-order valence-corrected chi connectivity index (χ2v) is 6.05. The summed E-state index contributed by atoms with van der Waals surface area (Å²) >= 11 is 0. The predicted octanol–water partition coefficient (Wildman–Crippen LogP) is 3.77. The van der Waals surface area contributed by atoms with Gasteiger partial charge in [-0.2, -0.15) is 0 Å². The first-order valence-corrected chi connectivity index (χ1v) is 8.30. The molecule has 112 valence electrons. The van der Waals surface area contributed by atoms with Gasteiger partial charge in [-0.25, -0.2) is 0 Å². The molecule has 1 N–H and O–H groups in total. The quantitative estimate of drug-likeness (QED) is 0.814. The van der Waals surface area contributed by atoms with Gasteiger partial charge in [0.25, 0.3) is 0 Å². The average Bonchev–Trinajstić information content (AvgIpc) is 2.98. The molecule has 1 heterocycles. The summed E-state index contributed by atoms with van der Waals surface area (Å²) in [7, 11) is 0. The van der Waals surface area contributed by atoms with E-state index >= 15 is 0 Å². The molecular weight excluding hydrogens is 244 g/mol. The summed E-state index contributed by atoms with van der Waals surface area (Å²) in [6, 6.07) is 10.4. The Morgan fingerprint density at radius 3 is 2.55 bits per heavy atom. The lowest BCUT2D eigenvalue weighted by molar-refractivity contribution is 0.202. The summed E-state index contributed by atoms with van der Waals surface area (Å²) in [5.41, 5.74) is 2.91. The molecule has 0 saturated carbocycles. The van der Waals surface area contributed by atoms with Gasteiger partial charge in [0.15, 0.2) is 0 Å². The fourth-order valence-electron chi connectivity index (χ4n) is 3.22. The lowest BCUT2D eigenvalue weighted by Gasteiger charge is -2.30. The molecule has 0 bridgehead atoms. The molecule has 1 aromatic rings. The summed E-state index contributed by atoms with van der Waals surface area (Å²) in [5, 5.41) is 3.61. The summed E-state index contributed by atoms with van der Waals surface area (Å²) in [4.78, 5) is 2.60. The lowest BCUT2D eigenvalue weighted by Crippen LogP contribution is -2.38. The molecule has 20 heavy (non-hydrogen) atoms. The normalized spacial score (nSPS) is 20.5. The van der Waals surface area contributed by atoms with Crippen LogP contribution in [0.3, 0.4) is 0 Å². The zero-order valence-corrected chi connectivity index (χ0v) is 13.4. The third-order valence-electron chi connectivity index (χ3n) is 4.57. The summed E-state index contributed by atoms with van der Waals surface area (Å²) < 4.78 is 0. The smallest absolute Gasteiger partial charge is 0.0320 e. The molecule has 2 nitrogen and oxygen atoms in total. The predicted molar refractivity (Wildman–Crippen MR) is 87.1 cm³/mol. The fraction of sp³-hybridized carbons (Fsp3) is 0.667. The first kappa shape index (κ1) is 15.5. The van der Waals surface area contributed by atoms with Crippen LogP contribution in [0.15, 0.2) is 24.3 Å². The highest BCUT2D eigenvalue weighted by atomic mass is 15.2. The maximum absolute atomic E-state index is 3.61. The molecular formula is C18H30N2. The summed E-state index contributed by atoms with van der Waals surface area (Å²) in [5.74, 6) is 0. The van der Waals surface area contributed by atoms with Crippen LogP contribution < -0.4 is 5.32 Å². The van der Waals surface area contributed by atoms with Crippen molar-refractivity contribution < 1.29 is 0 Å². The molecule has 0 spiro atoms. The number of hydrogen-bond acceptors (Lipinski definition) is 2. The molecule has 2 heteroatoms. The third kappa shape index (κ3) is 4.07. The highest BCUT2D eigenvalue weighted by Gasteiger charge is 2.21. The molecule has 0 aromatic heterocycles. The van der Waals surface area contributed by atoms with Crippen LogP contribution >= 0.6 is 0 Å². The van der Waals surface area contributed by atoms with Gasteiger partial charge in [0.1, 0.15) is 0 Å². The van der Waals surface area contributed by atoms with Crippen LogP contribution in [0.2, 0.25) is 0 Å². The van der Waals surface area contributed by atoms with Gasteiger partial charge in [-0.3, -0.25) is 4.90 Å². The van der Waals surface area contributed by atoms with E-state index in [4.69, 9.17) is 0 Å². The van der Waals surface area contributed by atoms with E-state index in [0.717, 1.165) is 6.54 Å². The molecule has 0 radical (unpaired) electrons. The molecule has 2 rings (SSSR count). The van der Waals surface area contributed by atoms with Crippen molar-refractivity contribution in [2.75, 3.05) is 19.6 Å². The number of hydrogen-bond donors (Lipinski definition) is 1. The average molecular weight is 274 g/mol. The Labute approximate surface area is 124 Å². The SMILES string of the molecule is CCCc1ccc(C(C)N(CC)CC2CCCN2)cc1. The maximum Gasteiger partial charge on any atom is 0.0320 e. The second-order valence-electron chi connectivity index (χ2n) is 6.05. The van der Waals surface area contributed by atoms with Crippen molar-refractivity contribution in [3.8, 4) is 0 Å².